The Labute approximate surface area is 182 Å². The molecule has 1 aliphatic rings. The first-order chi connectivity index (χ1) is 14.4. The summed E-state index contributed by atoms with van der Waals surface area (Å²) in [5.74, 6) is -0.330. The average Bonchev–Trinajstić information content (AvgIpc) is 2.92. The fourth-order valence-corrected chi connectivity index (χ4v) is 4.21. The SMILES string of the molecule is Cc1cc(-c2ccc(Cl)c(C(=O)NC(O)C3CCCCCC3)c2)n(CC(O)CN)n1. The number of aromatic nitrogens is 2. The molecule has 1 heterocycles. The lowest BCUT2D eigenvalue weighted by Gasteiger charge is -2.22. The number of carbonyl (C=O) groups is 1. The van der Waals surface area contributed by atoms with Crippen molar-refractivity contribution in [1.82, 2.24) is 15.1 Å². The van der Waals surface area contributed by atoms with Crippen molar-refractivity contribution in [3.8, 4) is 11.3 Å². The predicted molar refractivity (Wildman–Crippen MR) is 117 cm³/mol. The summed E-state index contributed by atoms with van der Waals surface area (Å²) in [6, 6.07) is 7.05. The van der Waals surface area contributed by atoms with Crippen LogP contribution in [0, 0.1) is 12.8 Å². The van der Waals surface area contributed by atoms with Gasteiger partial charge in [0.1, 0.15) is 6.23 Å². The maximum atomic E-state index is 12.9. The topological polar surface area (TPSA) is 113 Å². The number of carbonyl (C=O) groups excluding carboxylic acids is 1. The molecule has 1 aromatic carbocycles. The largest absolute Gasteiger partial charge is 0.390 e. The first-order valence-electron chi connectivity index (χ1n) is 10.6. The summed E-state index contributed by atoms with van der Waals surface area (Å²) in [7, 11) is 0. The molecule has 1 amide bonds. The second kappa shape index (κ2) is 10.4. The molecule has 1 fully saturated rings. The van der Waals surface area contributed by atoms with Gasteiger partial charge in [-0.05, 0) is 38.0 Å². The highest BCUT2D eigenvalue weighted by Gasteiger charge is 2.24. The summed E-state index contributed by atoms with van der Waals surface area (Å²) >= 11 is 6.30. The minimum atomic E-state index is -0.886. The third-order valence-corrected chi connectivity index (χ3v) is 6.02. The number of rotatable bonds is 7. The van der Waals surface area contributed by atoms with Crippen LogP contribution in [0.1, 0.15) is 54.6 Å². The zero-order valence-electron chi connectivity index (χ0n) is 17.4. The number of hydrogen-bond donors (Lipinski definition) is 4. The van der Waals surface area contributed by atoms with Crippen LogP contribution in [0.5, 0.6) is 0 Å². The van der Waals surface area contributed by atoms with Gasteiger partial charge < -0.3 is 21.3 Å². The second-order valence-electron chi connectivity index (χ2n) is 8.11. The minimum Gasteiger partial charge on any atom is -0.390 e. The van der Waals surface area contributed by atoms with Crippen LogP contribution < -0.4 is 11.1 Å². The Kier molecular flexibility index (Phi) is 7.88. The highest BCUT2D eigenvalue weighted by molar-refractivity contribution is 6.34. The van der Waals surface area contributed by atoms with E-state index in [-0.39, 0.29) is 19.0 Å². The molecule has 2 aromatic rings. The summed E-state index contributed by atoms with van der Waals surface area (Å²) in [4.78, 5) is 12.9. The lowest BCUT2D eigenvalue weighted by atomic mass is 9.98. The van der Waals surface area contributed by atoms with E-state index in [1.54, 1.807) is 16.8 Å². The lowest BCUT2D eigenvalue weighted by molar-refractivity contribution is 0.0532. The molecule has 0 spiro atoms. The van der Waals surface area contributed by atoms with Crippen LogP contribution in [0.4, 0.5) is 0 Å². The smallest absolute Gasteiger partial charge is 0.254 e. The van der Waals surface area contributed by atoms with Crippen molar-refractivity contribution in [2.24, 2.45) is 11.7 Å². The van der Waals surface area contributed by atoms with Crippen molar-refractivity contribution in [1.29, 1.82) is 0 Å². The zero-order chi connectivity index (χ0) is 21.7. The molecule has 5 N–H and O–H groups in total. The van der Waals surface area contributed by atoms with E-state index < -0.39 is 18.2 Å². The van der Waals surface area contributed by atoms with Gasteiger partial charge >= 0.3 is 0 Å². The molecule has 0 bridgehead atoms. The molecule has 30 heavy (non-hydrogen) atoms. The number of nitrogens with two attached hydrogens (primary N) is 1. The number of nitrogens with zero attached hydrogens (tertiary/aromatic N) is 2. The number of aliphatic hydroxyl groups excluding tert-OH is 2. The average molecular weight is 435 g/mol. The summed E-state index contributed by atoms with van der Waals surface area (Å²) in [6.45, 7) is 2.25. The van der Waals surface area contributed by atoms with Crippen molar-refractivity contribution in [2.45, 2.75) is 64.3 Å². The first kappa shape index (κ1) is 22.7. The Hall–Kier alpha value is -1.93. The van der Waals surface area contributed by atoms with Gasteiger partial charge in [0.05, 0.1) is 34.6 Å². The Morgan fingerprint density at radius 2 is 1.97 bits per heavy atom. The van der Waals surface area contributed by atoms with E-state index >= 15 is 0 Å². The summed E-state index contributed by atoms with van der Waals surface area (Å²) in [5, 5.41) is 27.9. The monoisotopic (exact) mass is 434 g/mol. The van der Waals surface area contributed by atoms with Crippen molar-refractivity contribution < 1.29 is 15.0 Å². The molecule has 0 aliphatic heterocycles. The molecular weight excluding hydrogens is 404 g/mol. The standard InChI is InChI=1S/C22H31ClN4O3/c1-14-10-20(27(26-14)13-17(28)12-24)16-8-9-19(23)18(11-16)22(30)25-21(29)15-6-4-2-3-5-7-15/h8-11,15,17,21,28-29H,2-7,12-13,24H2,1H3,(H,25,30). The fourth-order valence-electron chi connectivity index (χ4n) is 4.01. The normalized spacial score (nSPS) is 17.4. The third kappa shape index (κ3) is 5.60. The van der Waals surface area contributed by atoms with Crippen LogP contribution in [0.25, 0.3) is 11.3 Å². The molecule has 1 saturated carbocycles. The van der Waals surface area contributed by atoms with Crippen molar-refractivity contribution >= 4 is 17.5 Å². The number of halogens is 1. The van der Waals surface area contributed by atoms with Gasteiger partial charge in [-0.15, -0.1) is 0 Å². The summed E-state index contributed by atoms with van der Waals surface area (Å²) in [5.41, 5.74) is 8.13. The highest BCUT2D eigenvalue weighted by atomic mass is 35.5. The Morgan fingerprint density at radius 3 is 2.63 bits per heavy atom. The van der Waals surface area contributed by atoms with E-state index in [1.165, 1.54) is 12.8 Å². The van der Waals surface area contributed by atoms with E-state index in [4.69, 9.17) is 17.3 Å². The van der Waals surface area contributed by atoms with Gasteiger partial charge in [-0.1, -0.05) is 43.4 Å². The fraction of sp³-hybridized carbons (Fsp3) is 0.545. The van der Waals surface area contributed by atoms with E-state index in [2.05, 4.69) is 10.4 Å². The highest BCUT2D eigenvalue weighted by Crippen LogP contribution is 2.28. The van der Waals surface area contributed by atoms with E-state index in [0.29, 0.717) is 10.6 Å². The van der Waals surface area contributed by atoms with Crippen molar-refractivity contribution in [3.63, 3.8) is 0 Å². The number of amides is 1. The molecule has 0 saturated heterocycles. The molecule has 1 aliphatic carbocycles. The molecule has 8 heteroatoms. The van der Waals surface area contributed by atoms with Crippen LogP contribution in [0.15, 0.2) is 24.3 Å². The number of nitrogens with one attached hydrogen (secondary N) is 1. The van der Waals surface area contributed by atoms with Crippen LogP contribution in [0.2, 0.25) is 5.02 Å². The maximum Gasteiger partial charge on any atom is 0.254 e. The van der Waals surface area contributed by atoms with Crippen LogP contribution in [0.3, 0.4) is 0 Å². The summed E-state index contributed by atoms with van der Waals surface area (Å²) in [6.07, 6.45) is 4.73. The van der Waals surface area contributed by atoms with Crippen LogP contribution in [-0.4, -0.2) is 44.8 Å². The van der Waals surface area contributed by atoms with Crippen LogP contribution in [-0.2, 0) is 6.54 Å². The zero-order valence-corrected chi connectivity index (χ0v) is 18.1. The number of benzene rings is 1. The van der Waals surface area contributed by atoms with Crippen LogP contribution >= 0.6 is 11.6 Å². The Morgan fingerprint density at radius 1 is 1.27 bits per heavy atom. The van der Waals surface area contributed by atoms with Gasteiger partial charge in [0.15, 0.2) is 0 Å². The van der Waals surface area contributed by atoms with Gasteiger partial charge in [-0.25, -0.2) is 0 Å². The molecule has 1 aromatic heterocycles. The molecular formula is C22H31ClN4O3. The molecule has 2 atom stereocenters. The van der Waals surface area contributed by atoms with Gasteiger partial charge in [0.2, 0.25) is 0 Å². The predicted octanol–water partition coefficient (Wildman–Crippen LogP) is 2.85. The third-order valence-electron chi connectivity index (χ3n) is 5.69. The minimum absolute atomic E-state index is 0.0697. The van der Waals surface area contributed by atoms with E-state index in [0.717, 1.165) is 42.6 Å². The molecule has 7 nitrogen and oxygen atoms in total. The van der Waals surface area contributed by atoms with E-state index in [1.807, 2.05) is 19.1 Å². The number of hydrogen-bond acceptors (Lipinski definition) is 5. The first-order valence-corrected chi connectivity index (χ1v) is 11.0. The number of aryl methyl sites for hydroxylation is 1. The van der Waals surface area contributed by atoms with Gasteiger partial charge in [0, 0.05) is 18.0 Å². The van der Waals surface area contributed by atoms with Gasteiger partial charge in [-0.3, -0.25) is 9.48 Å². The van der Waals surface area contributed by atoms with Gasteiger partial charge in [-0.2, -0.15) is 5.10 Å². The number of aliphatic hydroxyl groups is 2. The summed E-state index contributed by atoms with van der Waals surface area (Å²) < 4.78 is 1.68. The Balaban J connectivity index is 1.81. The quantitative estimate of drug-likeness (QED) is 0.395. The lowest BCUT2D eigenvalue weighted by Crippen LogP contribution is -2.40. The molecule has 2 unspecified atom stereocenters. The van der Waals surface area contributed by atoms with E-state index in [9.17, 15) is 15.0 Å². The maximum absolute atomic E-state index is 12.9. The molecule has 164 valence electrons. The second-order valence-corrected chi connectivity index (χ2v) is 8.51. The van der Waals surface area contributed by atoms with Crippen molar-refractivity contribution in [3.05, 3.63) is 40.5 Å². The van der Waals surface area contributed by atoms with Gasteiger partial charge in [0.25, 0.3) is 5.91 Å². The Bertz CT molecular complexity index is 862. The molecule has 0 radical (unpaired) electrons. The molecule has 3 rings (SSSR count). The van der Waals surface area contributed by atoms with Crippen molar-refractivity contribution in [2.75, 3.05) is 6.54 Å².